The summed E-state index contributed by atoms with van der Waals surface area (Å²) in [7, 11) is 0. The lowest BCUT2D eigenvalue weighted by Gasteiger charge is -2.23. The molecule has 1 aliphatic carbocycles. The maximum Gasteiger partial charge on any atom is 0.170 e. The fraction of sp³-hybridized carbons (Fsp3) is 0.333. The Morgan fingerprint density at radius 2 is 1.89 bits per heavy atom. The van der Waals surface area contributed by atoms with Gasteiger partial charge in [0.2, 0.25) is 0 Å². The molecule has 0 fully saturated rings. The van der Waals surface area contributed by atoms with Crippen LogP contribution in [0, 0.1) is 11.8 Å². The Labute approximate surface area is 107 Å². The summed E-state index contributed by atoms with van der Waals surface area (Å²) in [4.78, 5) is 16.2. The summed E-state index contributed by atoms with van der Waals surface area (Å²) in [5.41, 5.74) is 1.13. The number of nitrogens with zero attached hydrogens (tertiary/aromatic N) is 1. The molecule has 0 bridgehead atoms. The second kappa shape index (κ2) is 5.17. The number of para-hydroxylation sites is 1. The van der Waals surface area contributed by atoms with Gasteiger partial charge in [-0.3, -0.25) is 9.79 Å². The molecule has 2 atom stereocenters. The van der Waals surface area contributed by atoms with Gasteiger partial charge in [-0.1, -0.05) is 32.0 Å². The number of allylic oxidation sites excluding steroid dienone is 2. The number of rotatable bonds is 2. The minimum absolute atomic E-state index is 0.0229. The molecule has 0 spiro atoms. The van der Waals surface area contributed by atoms with E-state index >= 15 is 0 Å². The molecule has 3 nitrogen and oxygen atoms in total. The summed E-state index contributed by atoms with van der Waals surface area (Å²) in [6.07, 6.45) is 2.19. The molecule has 0 amide bonds. The number of aliphatic imine (C=N–C) groups is 1. The molecule has 1 aliphatic rings. The second-order valence-electron chi connectivity index (χ2n) is 4.79. The monoisotopic (exact) mass is 243 g/mol. The van der Waals surface area contributed by atoms with Crippen LogP contribution in [0.25, 0.3) is 0 Å². The molecule has 3 heteroatoms. The fourth-order valence-corrected chi connectivity index (χ4v) is 2.19. The Kier molecular flexibility index (Phi) is 3.60. The molecular formula is C15H17NO2. The van der Waals surface area contributed by atoms with Crippen LogP contribution in [-0.2, 0) is 4.79 Å². The number of hydrogen-bond acceptors (Lipinski definition) is 3. The van der Waals surface area contributed by atoms with Gasteiger partial charge in [0, 0.05) is 18.1 Å². The number of ketones is 1. The first-order valence-electron chi connectivity index (χ1n) is 6.16. The third-order valence-electron chi connectivity index (χ3n) is 3.26. The van der Waals surface area contributed by atoms with Crippen molar-refractivity contribution >= 4 is 17.7 Å². The van der Waals surface area contributed by atoms with Crippen molar-refractivity contribution in [2.45, 2.75) is 20.3 Å². The Hall–Kier alpha value is -1.90. The van der Waals surface area contributed by atoms with Gasteiger partial charge in [0.1, 0.15) is 5.76 Å². The Bertz CT molecular complexity index is 502. The standard InChI is InChI=1S/C15H17NO2/c1-10-8-11(2)15(18)13(14(10)17)9-16-12-6-4-3-5-7-12/h3-7,9-11,17H,8H2,1-2H3/t10-,11+/m0/s1. The zero-order valence-corrected chi connectivity index (χ0v) is 10.6. The first kappa shape index (κ1) is 12.6. The van der Waals surface area contributed by atoms with Crippen molar-refractivity contribution in [1.29, 1.82) is 0 Å². The molecule has 18 heavy (non-hydrogen) atoms. The van der Waals surface area contributed by atoms with Crippen LogP contribution in [0.4, 0.5) is 5.69 Å². The van der Waals surface area contributed by atoms with E-state index in [2.05, 4.69) is 4.99 Å². The highest BCUT2D eigenvalue weighted by molar-refractivity contribution is 6.15. The highest BCUT2D eigenvalue weighted by Crippen LogP contribution is 2.29. The van der Waals surface area contributed by atoms with Crippen LogP contribution in [0.3, 0.4) is 0 Å². The van der Waals surface area contributed by atoms with Crippen LogP contribution >= 0.6 is 0 Å². The van der Waals surface area contributed by atoms with E-state index in [1.54, 1.807) is 0 Å². The summed E-state index contributed by atoms with van der Waals surface area (Å²) in [5, 5.41) is 9.97. The molecule has 1 aromatic carbocycles. The molecular weight excluding hydrogens is 226 g/mol. The number of benzene rings is 1. The molecule has 0 saturated carbocycles. The van der Waals surface area contributed by atoms with Gasteiger partial charge in [-0.15, -0.1) is 0 Å². The quantitative estimate of drug-likeness (QED) is 0.809. The van der Waals surface area contributed by atoms with E-state index in [-0.39, 0.29) is 23.4 Å². The predicted octanol–water partition coefficient (Wildman–Crippen LogP) is 3.45. The first-order chi connectivity index (χ1) is 8.59. The number of carbonyl (C=O) groups excluding carboxylic acids is 1. The zero-order valence-electron chi connectivity index (χ0n) is 10.6. The summed E-state index contributed by atoms with van der Waals surface area (Å²) in [6, 6.07) is 9.39. The Morgan fingerprint density at radius 3 is 2.56 bits per heavy atom. The van der Waals surface area contributed by atoms with E-state index in [1.165, 1.54) is 6.21 Å². The average Bonchev–Trinajstić information content (AvgIpc) is 2.38. The first-order valence-corrected chi connectivity index (χ1v) is 6.16. The van der Waals surface area contributed by atoms with E-state index in [0.717, 1.165) is 5.69 Å². The van der Waals surface area contributed by atoms with E-state index in [1.807, 2.05) is 44.2 Å². The van der Waals surface area contributed by atoms with Crippen LogP contribution in [-0.4, -0.2) is 17.1 Å². The molecule has 0 radical (unpaired) electrons. The lowest BCUT2D eigenvalue weighted by Crippen LogP contribution is -2.26. The predicted molar refractivity (Wildman–Crippen MR) is 72.2 cm³/mol. The Balaban J connectivity index is 2.29. The minimum Gasteiger partial charge on any atom is -0.511 e. The van der Waals surface area contributed by atoms with Gasteiger partial charge in [0.25, 0.3) is 0 Å². The normalized spacial score (nSPS) is 24.9. The molecule has 1 N–H and O–H groups in total. The van der Waals surface area contributed by atoms with E-state index in [0.29, 0.717) is 12.0 Å². The van der Waals surface area contributed by atoms with E-state index < -0.39 is 0 Å². The molecule has 0 aromatic heterocycles. The molecule has 1 aromatic rings. The summed E-state index contributed by atoms with van der Waals surface area (Å²) >= 11 is 0. The van der Waals surface area contributed by atoms with Crippen molar-refractivity contribution in [2.24, 2.45) is 16.8 Å². The van der Waals surface area contributed by atoms with E-state index in [9.17, 15) is 9.90 Å². The number of carbonyl (C=O) groups is 1. The maximum atomic E-state index is 12.0. The van der Waals surface area contributed by atoms with Gasteiger partial charge in [-0.05, 0) is 18.6 Å². The number of aliphatic hydroxyl groups excluding tert-OH is 1. The van der Waals surface area contributed by atoms with Gasteiger partial charge < -0.3 is 5.11 Å². The van der Waals surface area contributed by atoms with E-state index in [4.69, 9.17) is 0 Å². The highest BCUT2D eigenvalue weighted by Gasteiger charge is 2.30. The highest BCUT2D eigenvalue weighted by atomic mass is 16.3. The van der Waals surface area contributed by atoms with Crippen molar-refractivity contribution in [3.8, 4) is 0 Å². The molecule has 0 unspecified atom stereocenters. The van der Waals surface area contributed by atoms with Gasteiger partial charge >= 0.3 is 0 Å². The van der Waals surface area contributed by atoms with Gasteiger partial charge in [-0.2, -0.15) is 0 Å². The maximum absolute atomic E-state index is 12.0. The fourth-order valence-electron chi connectivity index (χ4n) is 2.19. The molecule has 0 heterocycles. The Morgan fingerprint density at radius 1 is 1.22 bits per heavy atom. The SMILES string of the molecule is C[C@@H]1C[C@H](C)C(O)=C(C=Nc2ccccc2)C1=O. The van der Waals surface area contributed by atoms with Crippen molar-refractivity contribution in [3.63, 3.8) is 0 Å². The molecule has 0 saturated heterocycles. The second-order valence-corrected chi connectivity index (χ2v) is 4.79. The lowest BCUT2D eigenvalue weighted by atomic mass is 9.82. The van der Waals surface area contributed by atoms with Crippen molar-refractivity contribution in [1.82, 2.24) is 0 Å². The van der Waals surface area contributed by atoms with Crippen LogP contribution in [0.5, 0.6) is 0 Å². The van der Waals surface area contributed by atoms with Crippen molar-refractivity contribution in [2.75, 3.05) is 0 Å². The van der Waals surface area contributed by atoms with Gasteiger partial charge in [0.05, 0.1) is 11.3 Å². The number of hydrogen-bond donors (Lipinski definition) is 1. The number of Topliss-reactive ketones (excluding diaryl/α,β-unsaturated/α-hetero) is 1. The summed E-state index contributed by atoms with van der Waals surface area (Å²) in [5.74, 6) is 0.117. The molecule has 0 aliphatic heterocycles. The van der Waals surface area contributed by atoms with Crippen LogP contribution < -0.4 is 0 Å². The third kappa shape index (κ3) is 2.50. The number of aliphatic hydroxyl groups is 1. The molecule has 94 valence electrons. The summed E-state index contributed by atoms with van der Waals surface area (Å²) in [6.45, 7) is 3.82. The summed E-state index contributed by atoms with van der Waals surface area (Å²) < 4.78 is 0. The lowest BCUT2D eigenvalue weighted by molar-refractivity contribution is -0.119. The van der Waals surface area contributed by atoms with Gasteiger partial charge in [0.15, 0.2) is 5.78 Å². The zero-order chi connectivity index (χ0) is 13.1. The topological polar surface area (TPSA) is 49.7 Å². The third-order valence-corrected chi connectivity index (χ3v) is 3.26. The van der Waals surface area contributed by atoms with Crippen LogP contribution in [0.2, 0.25) is 0 Å². The smallest absolute Gasteiger partial charge is 0.170 e. The largest absolute Gasteiger partial charge is 0.511 e. The van der Waals surface area contributed by atoms with Gasteiger partial charge in [-0.25, -0.2) is 0 Å². The minimum atomic E-state index is -0.0480. The average molecular weight is 243 g/mol. The van der Waals surface area contributed by atoms with Crippen LogP contribution in [0.1, 0.15) is 20.3 Å². The van der Waals surface area contributed by atoms with Crippen molar-refractivity contribution in [3.05, 3.63) is 41.7 Å². The van der Waals surface area contributed by atoms with Crippen molar-refractivity contribution < 1.29 is 9.90 Å². The van der Waals surface area contributed by atoms with Crippen LogP contribution in [0.15, 0.2) is 46.7 Å². The molecule has 2 rings (SSSR count).